The molecule has 7 heteroatoms. The predicted octanol–water partition coefficient (Wildman–Crippen LogP) is 4.16. The molecular formula is C22H25ClN2O4. The maximum absolute atomic E-state index is 12.9. The minimum absolute atomic E-state index is 0.0226. The molecule has 1 N–H and O–H groups in total. The van der Waals surface area contributed by atoms with Crippen molar-refractivity contribution in [3.63, 3.8) is 0 Å². The Kier molecular flexibility index (Phi) is 6.64. The van der Waals surface area contributed by atoms with Crippen LogP contribution in [0.5, 0.6) is 11.5 Å². The van der Waals surface area contributed by atoms with Crippen molar-refractivity contribution < 1.29 is 19.1 Å². The minimum Gasteiger partial charge on any atom is -0.497 e. The minimum atomic E-state index is -0.131. The quantitative estimate of drug-likeness (QED) is 0.794. The van der Waals surface area contributed by atoms with Crippen molar-refractivity contribution >= 4 is 29.1 Å². The van der Waals surface area contributed by atoms with Gasteiger partial charge < -0.3 is 19.7 Å². The highest BCUT2D eigenvalue weighted by Crippen LogP contribution is 2.26. The predicted molar refractivity (Wildman–Crippen MR) is 113 cm³/mol. The van der Waals surface area contributed by atoms with Gasteiger partial charge in [-0.2, -0.15) is 0 Å². The Morgan fingerprint density at radius 3 is 2.21 bits per heavy atom. The first-order valence-electron chi connectivity index (χ1n) is 9.50. The number of methoxy groups -OCH3 is 2. The van der Waals surface area contributed by atoms with E-state index in [4.69, 9.17) is 21.1 Å². The number of aryl methyl sites for hydroxylation is 1. The van der Waals surface area contributed by atoms with E-state index in [0.717, 1.165) is 11.3 Å². The van der Waals surface area contributed by atoms with Crippen LogP contribution in [0.25, 0.3) is 0 Å². The summed E-state index contributed by atoms with van der Waals surface area (Å²) in [6, 6.07) is 10.5. The lowest BCUT2D eigenvalue weighted by molar-refractivity contribution is -0.121. The molecule has 0 aliphatic carbocycles. The highest BCUT2D eigenvalue weighted by molar-refractivity contribution is 6.30. The van der Waals surface area contributed by atoms with E-state index in [1.54, 1.807) is 43.4 Å². The molecule has 1 aliphatic rings. The van der Waals surface area contributed by atoms with Crippen LogP contribution in [-0.2, 0) is 4.79 Å². The fourth-order valence-corrected chi connectivity index (χ4v) is 3.69. The number of rotatable bonds is 5. The second-order valence-electron chi connectivity index (χ2n) is 7.12. The van der Waals surface area contributed by atoms with Gasteiger partial charge in [-0.15, -0.1) is 0 Å². The molecule has 1 aliphatic heterocycles. The molecule has 2 aromatic rings. The number of piperidine rings is 1. The maximum Gasteiger partial charge on any atom is 0.254 e. The monoisotopic (exact) mass is 416 g/mol. The number of benzene rings is 2. The molecule has 0 saturated carbocycles. The first kappa shape index (κ1) is 21.0. The van der Waals surface area contributed by atoms with Crippen molar-refractivity contribution in [2.45, 2.75) is 19.8 Å². The lowest BCUT2D eigenvalue weighted by Crippen LogP contribution is -2.41. The highest BCUT2D eigenvalue weighted by Gasteiger charge is 2.28. The largest absolute Gasteiger partial charge is 0.497 e. The van der Waals surface area contributed by atoms with Gasteiger partial charge in [0, 0.05) is 41.3 Å². The van der Waals surface area contributed by atoms with Crippen molar-refractivity contribution in [3.8, 4) is 11.5 Å². The van der Waals surface area contributed by atoms with Crippen LogP contribution in [-0.4, -0.2) is 44.0 Å². The second-order valence-corrected chi connectivity index (χ2v) is 7.55. The van der Waals surface area contributed by atoms with Crippen LogP contribution in [0.1, 0.15) is 28.8 Å². The van der Waals surface area contributed by atoms with Crippen LogP contribution in [0.3, 0.4) is 0 Å². The molecule has 0 atom stereocenters. The van der Waals surface area contributed by atoms with E-state index in [0.29, 0.717) is 48.0 Å². The molecule has 3 rings (SSSR count). The lowest BCUT2D eigenvalue weighted by Gasteiger charge is -2.31. The summed E-state index contributed by atoms with van der Waals surface area (Å²) >= 11 is 5.97. The van der Waals surface area contributed by atoms with E-state index >= 15 is 0 Å². The zero-order chi connectivity index (χ0) is 21.0. The van der Waals surface area contributed by atoms with Gasteiger partial charge in [0.05, 0.1) is 14.2 Å². The topological polar surface area (TPSA) is 67.9 Å². The molecule has 0 spiro atoms. The Morgan fingerprint density at radius 1 is 1.03 bits per heavy atom. The Bertz CT molecular complexity index is 885. The van der Waals surface area contributed by atoms with E-state index < -0.39 is 0 Å². The average molecular weight is 417 g/mol. The third-order valence-corrected chi connectivity index (χ3v) is 5.43. The molecule has 1 heterocycles. The van der Waals surface area contributed by atoms with E-state index in [1.165, 1.54) is 0 Å². The summed E-state index contributed by atoms with van der Waals surface area (Å²) in [7, 11) is 3.10. The molecule has 6 nitrogen and oxygen atoms in total. The molecular weight excluding hydrogens is 392 g/mol. The third-order valence-electron chi connectivity index (χ3n) is 5.20. The van der Waals surface area contributed by atoms with Crippen LogP contribution in [0.15, 0.2) is 36.4 Å². The number of halogens is 1. The zero-order valence-corrected chi connectivity index (χ0v) is 17.6. The molecule has 29 heavy (non-hydrogen) atoms. The van der Waals surface area contributed by atoms with Gasteiger partial charge in [-0.3, -0.25) is 9.59 Å². The maximum atomic E-state index is 12.9. The summed E-state index contributed by atoms with van der Waals surface area (Å²) in [5, 5.41) is 3.62. The normalized spacial score (nSPS) is 14.4. The van der Waals surface area contributed by atoms with Gasteiger partial charge in [0.15, 0.2) is 0 Å². The zero-order valence-electron chi connectivity index (χ0n) is 16.8. The van der Waals surface area contributed by atoms with Crippen molar-refractivity contribution in [1.82, 2.24) is 4.90 Å². The van der Waals surface area contributed by atoms with E-state index in [9.17, 15) is 9.59 Å². The van der Waals surface area contributed by atoms with E-state index in [1.807, 2.05) is 19.1 Å². The van der Waals surface area contributed by atoms with Crippen LogP contribution in [0.2, 0.25) is 5.02 Å². The summed E-state index contributed by atoms with van der Waals surface area (Å²) in [5.41, 5.74) is 2.20. The third kappa shape index (κ3) is 5.01. The summed E-state index contributed by atoms with van der Waals surface area (Å²) in [6.45, 7) is 2.96. The van der Waals surface area contributed by atoms with Crippen LogP contribution in [0.4, 0.5) is 5.69 Å². The number of hydrogen-bond donors (Lipinski definition) is 1. The van der Waals surface area contributed by atoms with E-state index in [2.05, 4.69) is 5.32 Å². The average Bonchev–Trinajstić information content (AvgIpc) is 2.74. The van der Waals surface area contributed by atoms with Gasteiger partial charge in [0.2, 0.25) is 5.91 Å². The van der Waals surface area contributed by atoms with Crippen LogP contribution in [0, 0.1) is 12.8 Å². The van der Waals surface area contributed by atoms with Crippen molar-refractivity contribution in [1.29, 1.82) is 0 Å². The SMILES string of the molecule is COc1cc(OC)cc(C(=O)N2CCC(C(=O)Nc3ccc(Cl)cc3C)CC2)c1. The fourth-order valence-electron chi connectivity index (χ4n) is 3.46. The van der Waals surface area contributed by atoms with Gasteiger partial charge in [-0.25, -0.2) is 0 Å². The molecule has 1 saturated heterocycles. The second kappa shape index (κ2) is 9.18. The Balaban J connectivity index is 1.61. The fraction of sp³-hybridized carbons (Fsp3) is 0.364. The van der Waals surface area contributed by atoms with E-state index in [-0.39, 0.29) is 17.7 Å². The van der Waals surface area contributed by atoms with Gasteiger partial charge in [-0.05, 0) is 55.7 Å². The Hall–Kier alpha value is -2.73. The first-order chi connectivity index (χ1) is 13.9. The molecule has 0 unspecified atom stereocenters. The standard InChI is InChI=1S/C22H25ClN2O4/c1-14-10-17(23)4-5-20(14)24-21(26)15-6-8-25(9-7-15)22(27)16-11-18(28-2)13-19(12-16)29-3/h4-5,10-13,15H,6-9H2,1-3H3,(H,24,26). The number of ether oxygens (including phenoxy) is 2. The number of nitrogens with zero attached hydrogens (tertiary/aromatic N) is 1. The smallest absolute Gasteiger partial charge is 0.254 e. The summed E-state index contributed by atoms with van der Waals surface area (Å²) in [5.74, 6) is 0.898. The lowest BCUT2D eigenvalue weighted by atomic mass is 9.95. The number of hydrogen-bond acceptors (Lipinski definition) is 4. The molecule has 0 bridgehead atoms. The summed E-state index contributed by atoms with van der Waals surface area (Å²) in [6.07, 6.45) is 1.23. The van der Waals surface area contributed by atoms with Gasteiger partial charge in [0.1, 0.15) is 11.5 Å². The number of anilines is 1. The number of likely N-dealkylation sites (tertiary alicyclic amines) is 1. The van der Waals surface area contributed by atoms with Crippen molar-refractivity contribution in [3.05, 3.63) is 52.5 Å². The highest BCUT2D eigenvalue weighted by atomic mass is 35.5. The number of carbonyl (C=O) groups is 2. The number of amides is 2. The van der Waals surface area contributed by atoms with Crippen LogP contribution >= 0.6 is 11.6 Å². The van der Waals surface area contributed by atoms with Gasteiger partial charge in [-0.1, -0.05) is 11.6 Å². The Morgan fingerprint density at radius 2 is 1.66 bits per heavy atom. The summed E-state index contributed by atoms with van der Waals surface area (Å²) in [4.78, 5) is 27.3. The molecule has 154 valence electrons. The molecule has 1 fully saturated rings. The Labute approximate surface area is 175 Å². The molecule has 2 aromatic carbocycles. The molecule has 0 radical (unpaired) electrons. The van der Waals surface area contributed by atoms with Crippen molar-refractivity contribution in [2.24, 2.45) is 5.92 Å². The number of carbonyl (C=O) groups excluding carboxylic acids is 2. The number of nitrogens with one attached hydrogen (secondary N) is 1. The molecule has 2 amide bonds. The first-order valence-corrected chi connectivity index (χ1v) is 9.88. The van der Waals surface area contributed by atoms with Gasteiger partial charge >= 0.3 is 0 Å². The van der Waals surface area contributed by atoms with Gasteiger partial charge in [0.25, 0.3) is 5.91 Å². The van der Waals surface area contributed by atoms with Crippen molar-refractivity contribution in [2.75, 3.05) is 32.6 Å². The van der Waals surface area contributed by atoms with Crippen LogP contribution < -0.4 is 14.8 Å². The summed E-state index contributed by atoms with van der Waals surface area (Å²) < 4.78 is 10.5. The molecule has 0 aromatic heterocycles.